The van der Waals surface area contributed by atoms with Crippen molar-refractivity contribution in [1.82, 2.24) is 0 Å². The van der Waals surface area contributed by atoms with Crippen LogP contribution in [-0.4, -0.2) is 0 Å². The first-order valence-electron chi connectivity index (χ1n) is 28.0. The Balaban J connectivity index is 0.846. The van der Waals surface area contributed by atoms with E-state index in [9.17, 15) is 0 Å². The number of hydrogen-bond acceptors (Lipinski definition) is 3. The molecule has 0 amide bonds. The number of hydrogen-bond donors (Lipinski definition) is 0. The molecule has 3 aliphatic rings. The van der Waals surface area contributed by atoms with Crippen LogP contribution in [0.1, 0.15) is 67.5 Å². The average Bonchev–Trinajstić information content (AvgIpc) is 3.61. The highest BCUT2D eigenvalue weighted by atomic mass is 15.2. The molecule has 0 spiro atoms. The van der Waals surface area contributed by atoms with Crippen molar-refractivity contribution in [3.8, 4) is 22.3 Å². The molecule has 79 heavy (non-hydrogen) atoms. The molecule has 0 radical (unpaired) electrons. The maximum Gasteiger partial charge on any atom is 0.0544 e. The smallest absolute Gasteiger partial charge is 0.0544 e. The first-order chi connectivity index (χ1) is 38.7. The Labute approximate surface area is 463 Å². The number of allylic oxidation sites excluding steroid dienone is 1. The maximum atomic E-state index is 2.58. The summed E-state index contributed by atoms with van der Waals surface area (Å²) in [6.07, 6.45) is 6.66. The van der Waals surface area contributed by atoms with Gasteiger partial charge in [0.15, 0.2) is 0 Å². The molecule has 1 aliphatic carbocycles. The molecule has 3 heteroatoms. The van der Waals surface area contributed by atoms with Crippen LogP contribution in [0.5, 0.6) is 0 Å². The van der Waals surface area contributed by atoms with Crippen molar-refractivity contribution in [3.05, 3.63) is 288 Å². The minimum atomic E-state index is -0.338. The van der Waals surface area contributed by atoms with Crippen molar-refractivity contribution in [2.75, 3.05) is 14.7 Å². The molecule has 0 atom stereocenters. The fourth-order valence-corrected chi connectivity index (χ4v) is 13.6. The zero-order chi connectivity index (χ0) is 53.0. The van der Waals surface area contributed by atoms with E-state index in [1.54, 1.807) is 0 Å². The summed E-state index contributed by atoms with van der Waals surface area (Å²) in [6, 6.07) is 92.9. The number of fused-ring (bicyclic) bond motifs is 8. The van der Waals surface area contributed by atoms with E-state index in [0.717, 1.165) is 35.6 Å². The lowest BCUT2D eigenvalue weighted by molar-refractivity contribution is 0.598. The van der Waals surface area contributed by atoms with Crippen molar-refractivity contribution in [3.63, 3.8) is 0 Å². The van der Waals surface area contributed by atoms with E-state index in [1.807, 2.05) is 0 Å². The molecular weight excluding hydrogens is 955 g/mol. The summed E-state index contributed by atoms with van der Waals surface area (Å²) in [7, 11) is 0. The summed E-state index contributed by atoms with van der Waals surface area (Å²) in [6.45, 7) is 9.72. The molecule has 0 fully saturated rings. The van der Waals surface area contributed by atoms with Gasteiger partial charge in [-0.3, -0.25) is 0 Å². The number of anilines is 9. The van der Waals surface area contributed by atoms with Crippen LogP contribution in [0.15, 0.2) is 255 Å². The highest BCUT2D eigenvalue weighted by Crippen LogP contribution is 2.61. The van der Waals surface area contributed by atoms with Crippen LogP contribution in [0.25, 0.3) is 60.6 Å². The predicted octanol–water partition coefficient (Wildman–Crippen LogP) is 21.1. The number of para-hydroxylation sites is 1. The number of rotatable bonds is 8. The summed E-state index contributed by atoms with van der Waals surface area (Å²) < 4.78 is 0. The zero-order valence-corrected chi connectivity index (χ0v) is 45.1. The molecule has 2 aliphatic heterocycles. The van der Waals surface area contributed by atoms with Crippen LogP contribution in [-0.2, 0) is 17.3 Å². The summed E-state index contributed by atoms with van der Waals surface area (Å²) in [5.41, 5.74) is 23.1. The SMILES string of the molecule is CC1(C)c2ccccc2N2c3ccc(-c4ccc(N(c5cccc6ccccc56)c5cccc6ccccc56)cc4)cc3C(C)(C)c3cc(-c4ccc(N(c5cccc6c5CCC=C6)c5cccc6ccccc56)cc4)cc1c32. The van der Waals surface area contributed by atoms with E-state index in [-0.39, 0.29) is 10.8 Å². The fraction of sp³-hybridized carbons (Fsp3) is 0.105. The van der Waals surface area contributed by atoms with Crippen LogP contribution < -0.4 is 14.7 Å². The van der Waals surface area contributed by atoms with E-state index in [0.29, 0.717) is 0 Å². The van der Waals surface area contributed by atoms with Gasteiger partial charge < -0.3 is 14.7 Å². The normalized spacial score (nSPS) is 14.4. The van der Waals surface area contributed by atoms with Gasteiger partial charge in [-0.15, -0.1) is 0 Å². The van der Waals surface area contributed by atoms with Crippen LogP contribution in [0.2, 0.25) is 0 Å². The third-order valence-corrected chi connectivity index (χ3v) is 17.6. The van der Waals surface area contributed by atoms with Crippen molar-refractivity contribution in [1.29, 1.82) is 0 Å². The van der Waals surface area contributed by atoms with Gasteiger partial charge >= 0.3 is 0 Å². The second kappa shape index (κ2) is 18.1. The number of benzene rings is 12. The molecule has 2 heterocycles. The maximum absolute atomic E-state index is 2.58. The lowest BCUT2D eigenvalue weighted by Gasteiger charge is -2.50. The van der Waals surface area contributed by atoms with Gasteiger partial charge in [-0.05, 0) is 163 Å². The monoisotopic (exact) mass is 1010 g/mol. The Hall–Kier alpha value is -9.44. The summed E-state index contributed by atoms with van der Waals surface area (Å²) in [5.74, 6) is 0. The predicted molar refractivity (Wildman–Crippen MR) is 335 cm³/mol. The highest BCUT2D eigenvalue weighted by Gasteiger charge is 2.46. The van der Waals surface area contributed by atoms with Crippen molar-refractivity contribution in [2.24, 2.45) is 0 Å². The fourth-order valence-electron chi connectivity index (χ4n) is 13.6. The first kappa shape index (κ1) is 46.8. The minimum Gasteiger partial charge on any atom is -0.310 e. The van der Waals surface area contributed by atoms with Crippen LogP contribution in [0.4, 0.5) is 51.2 Å². The molecule has 15 rings (SSSR count). The van der Waals surface area contributed by atoms with Crippen molar-refractivity contribution < 1.29 is 0 Å². The third-order valence-electron chi connectivity index (χ3n) is 17.6. The molecule has 0 N–H and O–H groups in total. The Morgan fingerprint density at radius 1 is 0.354 bits per heavy atom. The largest absolute Gasteiger partial charge is 0.310 e. The zero-order valence-electron chi connectivity index (χ0n) is 45.1. The molecule has 0 aromatic heterocycles. The molecule has 0 saturated carbocycles. The topological polar surface area (TPSA) is 9.72 Å². The molecule has 378 valence electrons. The average molecular weight is 1010 g/mol. The highest BCUT2D eigenvalue weighted by molar-refractivity contribution is 6.05. The summed E-state index contributed by atoms with van der Waals surface area (Å²) in [4.78, 5) is 7.51. The molecule has 0 unspecified atom stereocenters. The van der Waals surface area contributed by atoms with E-state index >= 15 is 0 Å². The van der Waals surface area contributed by atoms with Gasteiger partial charge in [0.1, 0.15) is 0 Å². The summed E-state index contributed by atoms with van der Waals surface area (Å²) in [5, 5.41) is 7.34. The van der Waals surface area contributed by atoms with E-state index in [2.05, 4.69) is 303 Å². The van der Waals surface area contributed by atoms with Gasteiger partial charge in [-0.1, -0.05) is 210 Å². The van der Waals surface area contributed by atoms with Crippen LogP contribution >= 0.6 is 0 Å². The van der Waals surface area contributed by atoms with E-state index < -0.39 is 0 Å². The second-order valence-corrected chi connectivity index (χ2v) is 22.8. The second-order valence-electron chi connectivity index (χ2n) is 22.8. The van der Waals surface area contributed by atoms with Crippen LogP contribution in [0.3, 0.4) is 0 Å². The molecule has 12 aromatic rings. The van der Waals surface area contributed by atoms with Gasteiger partial charge in [0.25, 0.3) is 0 Å². The van der Waals surface area contributed by atoms with Crippen LogP contribution in [0, 0.1) is 0 Å². The van der Waals surface area contributed by atoms with E-state index in [1.165, 1.54) is 116 Å². The summed E-state index contributed by atoms with van der Waals surface area (Å²) >= 11 is 0. The standard InChI is InChI=1S/C76H59N3/c1-75(2)64-31-13-14-32-72(64)79-73-46-41-56(50-37-42-58(43-38-50)77(68-33-15-23-52-19-5-9-27-60(52)68)69-34-16-24-53-20-6-10-28-61(53)69)47-65(73)76(3,4)67-49-57(48-66(75)74(67)79)51-39-44-59(45-40-51)78(70-35-17-25-54-21-7-11-29-62(54)70)71-36-18-26-55-22-8-12-30-63(55)71/h5-11,13-29,31-49H,12,30H2,1-4H3. The van der Waals surface area contributed by atoms with Gasteiger partial charge in [0.05, 0.1) is 34.1 Å². The lowest BCUT2D eigenvalue weighted by atomic mass is 9.65. The minimum absolute atomic E-state index is 0.250. The number of nitrogens with zero attached hydrogens (tertiary/aromatic N) is 3. The van der Waals surface area contributed by atoms with E-state index in [4.69, 9.17) is 0 Å². The third kappa shape index (κ3) is 7.40. The lowest BCUT2D eigenvalue weighted by Crippen LogP contribution is -2.38. The Kier molecular flexibility index (Phi) is 10.7. The van der Waals surface area contributed by atoms with Gasteiger partial charge in [-0.25, -0.2) is 0 Å². The van der Waals surface area contributed by atoms with Gasteiger partial charge in [0.2, 0.25) is 0 Å². The first-order valence-corrected chi connectivity index (χ1v) is 28.0. The Morgan fingerprint density at radius 3 is 1.37 bits per heavy atom. The molecule has 3 nitrogen and oxygen atoms in total. The molecule has 0 bridgehead atoms. The van der Waals surface area contributed by atoms with Crippen molar-refractivity contribution in [2.45, 2.75) is 51.4 Å². The van der Waals surface area contributed by atoms with Gasteiger partial charge in [0, 0.05) is 44.1 Å². The quantitative estimate of drug-likeness (QED) is 0.150. The van der Waals surface area contributed by atoms with Gasteiger partial charge in [-0.2, -0.15) is 0 Å². The Morgan fingerprint density at radius 2 is 0.785 bits per heavy atom. The molecular formula is C76H59N3. The molecule has 12 aromatic carbocycles. The Bertz CT molecular complexity index is 4350. The molecule has 0 saturated heterocycles. The van der Waals surface area contributed by atoms with Crippen molar-refractivity contribution >= 4 is 89.6 Å².